The van der Waals surface area contributed by atoms with E-state index >= 15 is 0 Å². The minimum atomic E-state index is -0.907. The maximum atomic E-state index is 11.1. The summed E-state index contributed by atoms with van der Waals surface area (Å²) in [5.41, 5.74) is 0. The SMILES string of the molecule is CC(C)CCCNC(=O)NCCC(=O)O. The topological polar surface area (TPSA) is 78.4 Å². The Morgan fingerprint density at radius 2 is 1.80 bits per heavy atom. The largest absolute Gasteiger partial charge is 0.481 e. The van der Waals surface area contributed by atoms with Crippen LogP contribution in [0.15, 0.2) is 0 Å². The summed E-state index contributed by atoms with van der Waals surface area (Å²) in [6.45, 7) is 5.07. The Bertz CT molecular complexity index is 205. The molecule has 2 amide bonds. The van der Waals surface area contributed by atoms with Crippen LogP contribution in [0.4, 0.5) is 4.79 Å². The molecular formula is C10H20N2O3. The van der Waals surface area contributed by atoms with Gasteiger partial charge in [0.15, 0.2) is 0 Å². The zero-order valence-corrected chi connectivity index (χ0v) is 9.38. The number of nitrogens with one attached hydrogen (secondary N) is 2. The minimum absolute atomic E-state index is 0.0422. The van der Waals surface area contributed by atoms with E-state index in [0.717, 1.165) is 12.8 Å². The minimum Gasteiger partial charge on any atom is -0.481 e. The first-order valence-electron chi connectivity index (χ1n) is 5.26. The van der Waals surface area contributed by atoms with Gasteiger partial charge in [0.1, 0.15) is 0 Å². The smallest absolute Gasteiger partial charge is 0.314 e. The van der Waals surface area contributed by atoms with Crippen molar-refractivity contribution in [1.82, 2.24) is 10.6 Å². The Balaban J connectivity index is 3.30. The van der Waals surface area contributed by atoms with Crippen LogP contribution in [0, 0.1) is 5.92 Å². The Labute approximate surface area is 90.2 Å². The summed E-state index contributed by atoms with van der Waals surface area (Å²) in [5, 5.41) is 13.5. The normalized spacial score (nSPS) is 10.1. The average molecular weight is 216 g/mol. The molecule has 0 bridgehead atoms. The number of aliphatic carboxylic acids is 1. The monoisotopic (exact) mass is 216 g/mol. The summed E-state index contributed by atoms with van der Waals surface area (Å²) in [6, 6.07) is -0.292. The summed E-state index contributed by atoms with van der Waals surface area (Å²) in [5.74, 6) is -0.267. The van der Waals surface area contributed by atoms with Gasteiger partial charge in [-0.1, -0.05) is 13.8 Å². The lowest BCUT2D eigenvalue weighted by atomic mass is 10.1. The summed E-state index contributed by atoms with van der Waals surface area (Å²) >= 11 is 0. The van der Waals surface area contributed by atoms with Gasteiger partial charge in [0, 0.05) is 13.1 Å². The molecule has 3 N–H and O–H groups in total. The van der Waals surface area contributed by atoms with Crippen LogP contribution >= 0.6 is 0 Å². The Hall–Kier alpha value is -1.26. The maximum absolute atomic E-state index is 11.1. The number of urea groups is 1. The van der Waals surface area contributed by atoms with Crippen LogP contribution in [0.5, 0.6) is 0 Å². The van der Waals surface area contributed by atoms with E-state index in [1.54, 1.807) is 0 Å². The fourth-order valence-electron chi connectivity index (χ4n) is 1.06. The van der Waals surface area contributed by atoms with Crippen molar-refractivity contribution in [3.63, 3.8) is 0 Å². The first-order chi connectivity index (χ1) is 7.02. The third-order valence-electron chi connectivity index (χ3n) is 1.87. The van der Waals surface area contributed by atoms with Gasteiger partial charge in [-0.2, -0.15) is 0 Å². The van der Waals surface area contributed by atoms with E-state index in [-0.39, 0.29) is 19.0 Å². The molecule has 0 aromatic heterocycles. The van der Waals surface area contributed by atoms with Crippen LogP contribution in [0.2, 0.25) is 0 Å². The summed E-state index contributed by atoms with van der Waals surface area (Å²) in [7, 11) is 0. The predicted molar refractivity (Wildman–Crippen MR) is 57.7 cm³/mol. The molecule has 0 atom stereocenters. The molecule has 0 fully saturated rings. The summed E-state index contributed by atoms with van der Waals surface area (Å²) < 4.78 is 0. The van der Waals surface area contributed by atoms with Crippen LogP contribution in [0.3, 0.4) is 0 Å². The van der Waals surface area contributed by atoms with Gasteiger partial charge in [-0.05, 0) is 18.8 Å². The highest BCUT2D eigenvalue weighted by Gasteiger charge is 2.01. The van der Waals surface area contributed by atoms with Crippen LogP contribution in [0.1, 0.15) is 33.1 Å². The molecule has 5 nitrogen and oxygen atoms in total. The first-order valence-corrected chi connectivity index (χ1v) is 5.26. The number of carbonyl (C=O) groups excluding carboxylic acids is 1. The Kier molecular flexibility index (Phi) is 7.40. The molecule has 0 aromatic carbocycles. The van der Waals surface area contributed by atoms with E-state index in [9.17, 15) is 9.59 Å². The second-order valence-electron chi connectivity index (χ2n) is 3.86. The van der Waals surface area contributed by atoms with Gasteiger partial charge in [0.2, 0.25) is 0 Å². The molecule has 0 saturated carbocycles. The first kappa shape index (κ1) is 13.7. The van der Waals surface area contributed by atoms with Gasteiger partial charge < -0.3 is 15.7 Å². The second-order valence-corrected chi connectivity index (χ2v) is 3.86. The molecule has 0 rings (SSSR count). The highest BCUT2D eigenvalue weighted by Crippen LogP contribution is 2.01. The molecule has 0 aliphatic rings. The fraction of sp³-hybridized carbons (Fsp3) is 0.800. The maximum Gasteiger partial charge on any atom is 0.314 e. The highest BCUT2D eigenvalue weighted by atomic mass is 16.4. The average Bonchev–Trinajstić information content (AvgIpc) is 2.11. The van der Waals surface area contributed by atoms with Crippen LogP contribution < -0.4 is 10.6 Å². The number of hydrogen-bond donors (Lipinski definition) is 3. The molecule has 0 aliphatic heterocycles. The second kappa shape index (κ2) is 8.08. The molecule has 0 heterocycles. The van der Waals surface area contributed by atoms with E-state index in [1.807, 2.05) is 0 Å². The number of carboxylic acids is 1. The van der Waals surface area contributed by atoms with Crippen LogP contribution in [-0.4, -0.2) is 30.2 Å². The molecule has 0 spiro atoms. The number of carbonyl (C=O) groups is 2. The molecule has 0 saturated heterocycles. The van der Waals surface area contributed by atoms with Gasteiger partial charge in [0.25, 0.3) is 0 Å². The Morgan fingerprint density at radius 3 is 2.33 bits per heavy atom. The van der Waals surface area contributed by atoms with Crippen molar-refractivity contribution in [2.24, 2.45) is 5.92 Å². The van der Waals surface area contributed by atoms with Gasteiger partial charge in [-0.15, -0.1) is 0 Å². The standard InChI is InChI=1S/C10H20N2O3/c1-8(2)4-3-6-11-10(15)12-7-5-9(13)14/h8H,3-7H2,1-2H3,(H,13,14)(H2,11,12,15). The molecule has 15 heavy (non-hydrogen) atoms. The van der Waals surface area contributed by atoms with Gasteiger partial charge >= 0.3 is 12.0 Å². The lowest BCUT2D eigenvalue weighted by Crippen LogP contribution is -2.37. The molecule has 0 aliphatic carbocycles. The summed E-state index contributed by atoms with van der Waals surface area (Å²) in [4.78, 5) is 21.2. The van der Waals surface area contributed by atoms with Gasteiger partial charge in [-0.3, -0.25) is 4.79 Å². The zero-order chi connectivity index (χ0) is 11.7. The van der Waals surface area contributed by atoms with E-state index in [0.29, 0.717) is 12.5 Å². The van der Waals surface area contributed by atoms with E-state index < -0.39 is 5.97 Å². The van der Waals surface area contributed by atoms with Crippen LogP contribution in [-0.2, 0) is 4.79 Å². The van der Waals surface area contributed by atoms with Gasteiger partial charge in [-0.25, -0.2) is 4.79 Å². The molecule has 0 aromatic rings. The quantitative estimate of drug-likeness (QED) is 0.559. The van der Waals surface area contributed by atoms with E-state index in [2.05, 4.69) is 24.5 Å². The number of amides is 2. The zero-order valence-electron chi connectivity index (χ0n) is 9.38. The predicted octanol–water partition coefficient (Wildman–Crippen LogP) is 1.20. The van der Waals surface area contributed by atoms with E-state index in [1.165, 1.54) is 0 Å². The lowest BCUT2D eigenvalue weighted by Gasteiger charge is -2.07. The van der Waals surface area contributed by atoms with Crippen molar-refractivity contribution in [3.05, 3.63) is 0 Å². The molecule has 88 valence electrons. The molecule has 0 radical (unpaired) electrons. The van der Waals surface area contributed by atoms with Crippen molar-refractivity contribution in [2.45, 2.75) is 33.1 Å². The molecule has 0 unspecified atom stereocenters. The summed E-state index contributed by atoms with van der Waals surface area (Å²) in [6.07, 6.45) is 1.98. The Morgan fingerprint density at radius 1 is 1.20 bits per heavy atom. The lowest BCUT2D eigenvalue weighted by molar-refractivity contribution is -0.136. The number of carboxylic acid groups (broad SMARTS) is 1. The van der Waals surface area contributed by atoms with Gasteiger partial charge in [0.05, 0.1) is 6.42 Å². The highest BCUT2D eigenvalue weighted by molar-refractivity contribution is 5.74. The van der Waals surface area contributed by atoms with Crippen molar-refractivity contribution in [2.75, 3.05) is 13.1 Å². The molecule has 5 heteroatoms. The van der Waals surface area contributed by atoms with Crippen molar-refractivity contribution < 1.29 is 14.7 Å². The number of rotatable bonds is 7. The third kappa shape index (κ3) is 10.7. The van der Waals surface area contributed by atoms with Crippen molar-refractivity contribution >= 4 is 12.0 Å². The number of hydrogen-bond acceptors (Lipinski definition) is 2. The fourth-order valence-corrected chi connectivity index (χ4v) is 1.06. The van der Waals surface area contributed by atoms with E-state index in [4.69, 9.17) is 5.11 Å². The van der Waals surface area contributed by atoms with Crippen molar-refractivity contribution in [1.29, 1.82) is 0 Å². The third-order valence-corrected chi connectivity index (χ3v) is 1.87. The molecular weight excluding hydrogens is 196 g/mol. The van der Waals surface area contributed by atoms with Crippen molar-refractivity contribution in [3.8, 4) is 0 Å². The van der Waals surface area contributed by atoms with Crippen LogP contribution in [0.25, 0.3) is 0 Å².